The van der Waals surface area contributed by atoms with Crippen molar-refractivity contribution < 1.29 is 19.1 Å². The molecule has 7 nitrogen and oxygen atoms in total. The lowest BCUT2D eigenvalue weighted by atomic mass is 9.79. The predicted molar refractivity (Wildman–Crippen MR) is 131 cm³/mol. The number of benzene rings is 2. The molecule has 0 saturated heterocycles. The topological polar surface area (TPSA) is 80.8 Å². The van der Waals surface area contributed by atoms with Gasteiger partial charge in [-0.2, -0.15) is 0 Å². The number of pyridine rings is 1. The molecule has 0 bridgehead atoms. The van der Waals surface area contributed by atoms with Crippen molar-refractivity contribution in [2.75, 3.05) is 27.5 Å². The van der Waals surface area contributed by atoms with Crippen molar-refractivity contribution in [3.05, 3.63) is 83.2 Å². The van der Waals surface area contributed by atoms with Gasteiger partial charge in [-0.1, -0.05) is 18.2 Å². The van der Waals surface area contributed by atoms with Gasteiger partial charge in [0, 0.05) is 36.4 Å². The van der Waals surface area contributed by atoms with Gasteiger partial charge in [-0.05, 0) is 53.3 Å². The van der Waals surface area contributed by atoms with E-state index >= 15 is 0 Å². The Morgan fingerprint density at radius 1 is 1.12 bits per heavy atom. The van der Waals surface area contributed by atoms with Crippen LogP contribution in [0, 0.1) is 0 Å². The summed E-state index contributed by atoms with van der Waals surface area (Å²) in [6.45, 7) is 0.335. The lowest BCUT2D eigenvalue weighted by Crippen LogP contribution is -2.45. The SMILES string of the molecule is COc1cc2c(cc1OC)[C@@H](C(=O)NCc1cccnc1)[C@H](c1ccc(SC)cc1)N(C)C2=O. The summed E-state index contributed by atoms with van der Waals surface area (Å²) in [6, 6.07) is 14.6. The highest BCUT2D eigenvalue weighted by Gasteiger charge is 2.43. The maximum Gasteiger partial charge on any atom is 0.254 e. The number of hydrogen-bond donors (Lipinski definition) is 1. The summed E-state index contributed by atoms with van der Waals surface area (Å²) in [6.07, 6.45) is 5.42. The third-order valence-electron chi connectivity index (χ3n) is 6.10. The average Bonchev–Trinajstić information content (AvgIpc) is 2.89. The van der Waals surface area contributed by atoms with Crippen LogP contribution in [0.15, 0.2) is 65.8 Å². The van der Waals surface area contributed by atoms with E-state index in [1.54, 1.807) is 48.2 Å². The average molecular weight is 478 g/mol. The number of carbonyl (C=O) groups excluding carboxylic acids is 2. The molecule has 2 aromatic carbocycles. The molecule has 3 aromatic rings. The summed E-state index contributed by atoms with van der Waals surface area (Å²) >= 11 is 1.64. The molecule has 2 amide bonds. The normalized spacial score (nSPS) is 17.2. The number of thioether (sulfide) groups is 1. The number of ether oxygens (including phenoxy) is 2. The second kappa shape index (κ2) is 10.2. The summed E-state index contributed by atoms with van der Waals surface area (Å²) in [5, 5.41) is 3.04. The summed E-state index contributed by atoms with van der Waals surface area (Å²) in [7, 11) is 4.79. The number of amides is 2. The minimum absolute atomic E-state index is 0.175. The second-order valence-corrected chi connectivity index (χ2v) is 8.86. The quantitative estimate of drug-likeness (QED) is 0.517. The number of likely N-dealkylation sites (N-methyl/N-ethyl adjacent to an activating group) is 1. The van der Waals surface area contributed by atoms with Crippen LogP contribution in [-0.4, -0.2) is 49.2 Å². The van der Waals surface area contributed by atoms with E-state index in [0.717, 1.165) is 16.0 Å². The van der Waals surface area contributed by atoms with E-state index < -0.39 is 12.0 Å². The number of nitrogens with zero attached hydrogens (tertiary/aromatic N) is 2. The highest BCUT2D eigenvalue weighted by Crippen LogP contribution is 2.45. The molecule has 0 unspecified atom stereocenters. The minimum Gasteiger partial charge on any atom is -0.493 e. The van der Waals surface area contributed by atoms with Gasteiger partial charge in [-0.25, -0.2) is 0 Å². The molecule has 1 aromatic heterocycles. The van der Waals surface area contributed by atoms with Crippen LogP contribution in [0.3, 0.4) is 0 Å². The van der Waals surface area contributed by atoms with Gasteiger partial charge in [0.25, 0.3) is 5.91 Å². The fourth-order valence-corrected chi connectivity index (χ4v) is 4.76. The van der Waals surface area contributed by atoms with E-state index in [1.165, 1.54) is 14.2 Å². The number of rotatable bonds is 7. The Morgan fingerprint density at radius 2 is 1.82 bits per heavy atom. The predicted octanol–water partition coefficient (Wildman–Crippen LogP) is 4.05. The Bertz CT molecular complexity index is 1180. The van der Waals surface area contributed by atoms with Gasteiger partial charge in [0.1, 0.15) is 0 Å². The largest absolute Gasteiger partial charge is 0.493 e. The molecule has 4 rings (SSSR count). The molecule has 0 radical (unpaired) electrons. The van der Waals surface area contributed by atoms with E-state index in [9.17, 15) is 9.59 Å². The molecule has 2 heterocycles. The van der Waals surface area contributed by atoms with Crippen LogP contribution in [0.25, 0.3) is 0 Å². The molecule has 0 saturated carbocycles. The van der Waals surface area contributed by atoms with Gasteiger partial charge in [0.15, 0.2) is 11.5 Å². The highest BCUT2D eigenvalue weighted by molar-refractivity contribution is 7.98. The first-order valence-corrected chi connectivity index (χ1v) is 12.0. The zero-order valence-electron chi connectivity index (χ0n) is 19.6. The van der Waals surface area contributed by atoms with E-state index in [-0.39, 0.29) is 11.8 Å². The van der Waals surface area contributed by atoms with Gasteiger partial charge in [-0.3, -0.25) is 14.6 Å². The Kier molecular flexibility index (Phi) is 7.07. The third kappa shape index (κ3) is 4.46. The van der Waals surface area contributed by atoms with Crippen molar-refractivity contribution in [1.29, 1.82) is 0 Å². The minimum atomic E-state index is -0.644. The molecule has 2 atom stereocenters. The maximum absolute atomic E-state index is 13.7. The monoisotopic (exact) mass is 477 g/mol. The van der Waals surface area contributed by atoms with Crippen LogP contribution in [0.1, 0.15) is 39.0 Å². The third-order valence-corrected chi connectivity index (χ3v) is 6.85. The van der Waals surface area contributed by atoms with Crippen LogP contribution in [0.2, 0.25) is 0 Å². The van der Waals surface area contributed by atoms with E-state index in [1.807, 2.05) is 42.7 Å². The zero-order valence-corrected chi connectivity index (χ0v) is 20.4. The molecule has 34 heavy (non-hydrogen) atoms. The molecular formula is C26H27N3O4S. The smallest absolute Gasteiger partial charge is 0.254 e. The van der Waals surface area contributed by atoms with Crippen LogP contribution >= 0.6 is 11.8 Å². The first kappa shape index (κ1) is 23.6. The molecular weight excluding hydrogens is 450 g/mol. The molecule has 0 spiro atoms. The number of aromatic nitrogens is 1. The van der Waals surface area contributed by atoms with Crippen molar-refractivity contribution in [1.82, 2.24) is 15.2 Å². The van der Waals surface area contributed by atoms with Crippen molar-refractivity contribution >= 4 is 23.6 Å². The fraction of sp³-hybridized carbons (Fsp3) is 0.269. The summed E-state index contributed by atoms with van der Waals surface area (Å²) < 4.78 is 10.9. The van der Waals surface area contributed by atoms with Gasteiger partial charge >= 0.3 is 0 Å². The Morgan fingerprint density at radius 3 is 2.44 bits per heavy atom. The molecule has 8 heteroatoms. The maximum atomic E-state index is 13.7. The summed E-state index contributed by atoms with van der Waals surface area (Å²) in [5.41, 5.74) is 2.82. The Hall–Kier alpha value is -3.52. The van der Waals surface area contributed by atoms with E-state index in [2.05, 4.69) is 10.3 Å². The van der Waals surface area contributed by atoms with Crippen LogP contribution < -0.4 is 14.8 Å². The zero-order chi connectivity index (χ0) is 24.2. The molecule has 0 fully saturated rings. The first-order chi connectivity index (χ1) is 16.5. The molecule has 1 aliphatic heterocycles. The highest BCUT2D eigenvalue weighted by atomic mass is 32.2. The lowest BCUT2D eigenvalue weighted by molar-refractivity contribution is -0.124. The van der Waals surface area contributed by atoms with Gasteiger partial charge < -0.3 is 19.7 Å². The molecule has 0 aliphatic carbocycles. The summed E-state index contributed by atoms with van der Waals surface area (Å²) in [5.74, 6) is -0.0865. The fourth-order valence-electron chi connectivity index (χ4n) is 4.35. The van der Waals surface area contributed by atoms with Crippen LogP contribution in [-0.2, 0) is 11.3 Å². The molecule has 176 valence electrons. The Labute approximate surface area is 203 Å². The first-order valence-electron chi connectivity index (χ1n) is 10.8. The van der Waals surface area contributed by atoms with Crippen molar-refractivity contribution in [3.63, 3.8) is 0 Å². The number of nitrogens with one attached hydrogen (secondary N) is 1. The summed E-state index contributed by atoms with van der Waals surface area (Å²) in [4.78, 5) is 34.0. The number of methoxy groups -OCH3 is 2. The second-order valence-electron chi connectivity index (χ2n) is 7.99. The van der Waals surface area contributed by atoms with Crippen LogP contribution in [0.5, 0.6) is 11.5 Å². The number of hydrogen-bond acceptors (Lipinski definition) is 6. The van der Waals surface area contributed by atoms with Crippen molar-refractivity contribution in [2.24, 2.45) is 0 Å². The number of fused-ring (bicyclic) bond motifs is 1. The lowest BCUT2D eigenvalue weighted by Gasteiger charge is -2.40. The molecule has 1 aliphatic rings. The Balaban J connectivity index is 1.80. The standard InChI is InChI=1S/C26H27N3O4S/c1-29-24(17-7-9-18(34-4)10-8-17)23(25(30)28-15-16-6-5-11-27-14-16)19-12-21(32-2)22(33-3)13-20(19)26(29)31/h5-14,23-24H,15H2,1-4H3,(H,28,30)/t23-,24+/m1/s1. The number of carbonyl (C=O) groups is 2. The van der Waals surface area contributed by atoms with E-state index in [4.69, 9.17) is 9.47 Å². The van der Waals surface area contributed by atoms with Crippen LogP contribution in [0.4, 0.5) is 0 Å². The van der Waals surface area contributed by atoms with Gasteiger partial charge in [-0.15, -0.1) is 11.8 Å². The molecule has 1 N–H and O–H groups in total. The van der Waals surface area contributed by atoms with Crippen molar-refractivity contribution in [3.8, 4) is 11.5 Å². The van der Waals surface area contributed by atoms with Gasteiger partial charge in [0.05, 0.1) is 26.2 Å². The van der Waals surface area contributed by atoms with Crippen molar-refractivity contribution in [2.45, 2.75) is 23.4 Å². The van der Waals surface area contributed by atoms with Gasteiger partial charge in [0.2, 0.25) is 5.91 Å². The van der Waals surface area contributed by atoms with E-state index in [0.29, 0.717) is 29.2 Å².